The first-order valence-corrected chi connectivity index (χ1v) is 8.15. The first kappa shape index (κ1) is 16.7. The van der Waals surface area contributed by atoms with Crippen molar-refractivity contribution in [2.24, 2.45) is 0 Å². The second-order valence-corrected chi connectivity index (χ2v) is 5.99. The van der Waals surface area contributed by atoms with Crippen LogP contribution in [-0.2, 0) is 0 Å². The number of benzene rings is 1. The highest BCUT2D eigenvalue weighted by atomic mass is 79.9. The maximum absolute atomic E-state index is 6.00. The van der Waals surface area contributed by atoms with Crippen LogP contribution in [0.15, 0.2) is 35.3 Å². The predicted octanol–water partition coefficient (Wildman–Crippen LogP) is 5.89. The topological polar surface area (TPSA) is 12.0 Å². The lowest BCUT2D eigenvalue weighted by Crippen LogP contribution is -2.21. The molecular formula is C16H23BrClN. The molecule has 1 aromatic rings. The monoisotopic (exact) mass is 343 g/mol. The lowest BCUT2D eigenvalue weighted by Gasteiger charge is -2.20. The summed E-state index contributed by atoms with van der Waals surface area (Å²) in [4.78, 5) is 0. The molecule has 0 saturated heterocycles. The van der Waals surface area contributed by atoms with Crippen LogP contribution in [0.1, 0.15) is 50.6 Å². The molecule has 0 aliphatic heterocycles. The van der Waals surface area contributed by atoms with Gasteiger partial charge >= 0.3 is 0 Å². The minimum Gasteiger partial charge on any atom is -0.310 e. The van der Waals surface area contributed by atoms with Crippen LogP contribution in [-0.4, -0.2) is 6.54 Å². The Balaban J connectivity index is 2.58. The molecule has 106 valence electrons. The third-order valence-corrected chi connectivity index (χ3v) is 4.11. The molecule has 0 radical (unpaired) electrons. The summed E-state index contributed by atoms with van der Waals surface area (Å²) < 4.78 is 1.09. The van der Waals surface area contributed by atoms with Crippen LogP contribution in [0.4, 0.5) is 0 Å². The van der Waals surface area contributed by atoms with Gasteiger partial charge in [0, 0.05) is 15.5 Å². The van der Waals surface area contributed by atoms with Crippen molar-refractivity contribution in [2.45, 2.75) is 45.1 Å². The van der Waals surface area contributed by atoms with Gasteiger partial charge in [-0.3, -0.25) is 0 Å². The Morgan fingerprint density at radius 1 is 1.37 bits per heavy atom. The average Bonchev–Trinajstić information content (AvgIpc) is 2.38. The Bertz CT molecular complexity index is 392. The van der Waals surface area contributed by atoms with Crippen molar-refractivity contribution in [3.8, 4) is 0 Å². The van der Waals surface area contributed by atoms with Crippen LogP contribution in [0, 0.1) is 0 Å². The molecule has 0 amide bonds. The molecule has 0 saturated carbocycles. The van der Waals surface area contributed by atoms with E-state index in [1.54, 1.807) is 0 Å². The minimum absolute atomic E-state index is 0.403. The van der Waals surface area contributed by atoms with Gasteiger partial charge in [0.05, 0.1) is 0 Å². The Hall–Kier alpha value is -0.310. The molecule has 0 bridgehead atoms. The highest BCUT2D eigenvalue weighted by molar-refractivity contribution is 9.10. The van der Waals surface area contributed by atoms with E-state index in [4.69, 9.17) is 11.6 Å². The summed E-state index contributed by atoms with van der Waals surface area (Å²) in [7, 11) is 0. The van der Waals surface area contributed by atoms with Crippen LogP contribution in [0.5, 0.6) is 0 Å². The Morgan fingerprint density at radius 3 is 2.79 bits per heavy atom. The standard InChI is InChI=1S/C16H23BrClN/c1-3-5-6-7-8-9-16(19-4-2)14-11-10-13(18)12-15(14)17/h3,10-12,16,19H,1,4-9H2,2H3. The highest BCUT2D eigenvalue weighted by Crippen LogP contribution is 2.29. The van der Waals surface area contributed by atoms with Crippen molar-refractivity contribution in [1.29, 1.82) is 0 Å². The third kappa shape index (κ3) is 6.11. The van der Waals surface area contributed by atoms with Gasteiger partial charge in [-0.1, -0.05) is 59.4 Å². The maximum Gasteiger partial charge on any atom is 0.0417 e. The molecule has 1 N–H and O–H groups in total. The molecule has 1 rings (SSSR count). The summed E-state index contributed by atoms with van der Waals surface area (Å²) in [6.45, 7) is 6.89. The lowest BCUT2D eigenvalue weighted by molar-refractivity contribution is 0.482. The van der Waals surface area contributed by atoms with E-state index in [9.17, 15) is 0 Å². The van der Waals surface area contributed by atoms with E-state index >= 15 is 0 Å². The molecule has 0 aliphatic carbocycles. The van der Waals surface area contributed by atoms with Crippen LogP contribution in [0.3, 0.4) is 0 Å². The fraction of sp³-hybridized carbons (Fsp3) is 0.500. The fourth-order valence-corrected chi connectivity index (χ4v) is 3.17. The summed E-state index contributed by atoms with van der Waals surface area (Å²) in [5.41, 5.74) is 1.30. The zero-order valence-corrected chi connectivity index (χ0v) is 13.9. The summed E-state index contributed by atoms with van der Waals surface area (Å²) >= 11 is 9.61. The van der Waals surface area contributed by atoms with Crippen LogP contribution in [0.2, 0.25) is 5.02 Å². The first-order valence-electron chi connectivity index (χ1n) is 6.98. The van der Waals surface area contributed by atoms with Crippen molar-refractivity contribution in [2.75, 3.05) is 6.54 Å². The first-order chi connectivity index (χ1) is 9.19. The van der Waals surface area contributed by atoms with E-state index in [-0.39, 0.29) is 0 Å². The number of allylic oxidation sites excluding steroid dienone is 1. The normalized spacial score (nSPS) is 12.4. The van der Waals surface area contributed by atoms with Crippen molar-refractivity contribution >= 4 is 27.5 Å². The van der Waals surface area contributed by atoms with Crippen molar-refractivity contribution in [1.82, 2.24) is 5.32 Å². The zero-order chi connectivity index (χ0) is 14.1. The molecular weight excluding hydrogens is 322 g/mol. The molecule has 0 aromatic heterocycles. The number of rotatable bonds is 9. The summed E-state index contributed by atoms with van der Waals surface area (Å²) in [6, 6.07) is 6.45. The van der Waals surface area contributed by atoms with Gasteiger partial charge in [-0.05, 0) is 43.5 Å². The van der Waals surface area contributed by atoms with Gasteiger partial charge in [-0.15, -0.1) is 6.58 Å². The number of hydrogen-bond donors (Lipinski definition) is 1. The molecule has 19 heavy (non-hydrogen) atoms. The number of unbranched alkanes of at least 4 members (excludes halogenated alkanes) is 3. The van der Waals surface area contributed by atoms with Crippen LogP contribution >= 0.6 is 27.5 Å². The Labute approximate surface area is 130 Å². The highest BCUT2D eigenvalue weighted by Gasteiger charge is 2.13. The number of hydrogen-bond acceptors (Lipinski definition) is 1. The largest absolute Gasteiger partial charge is 0.310 e. The van der Waals surface area contributed by atoms with E-state index in [0.717, 1.165) is 28.9 Å². The summed E-state index contributed by atoms with van der Waals surface area (Å²) in [5.74, 6) is 0. The molecule has 1 nitrogen and oxygen atoms in total. The van der Waals surface area contributed by atoms with Gasteiger partial charge in [0.1, 0.15) is 0 Å². The van der Waals surface area contributed by atoms with E-state index in [1.807, 2.05) is 18.2 Å². The SMILES string of the molecule is C=CCCCCCC(NCC)c1ccc(Cl)cc1Br. The molecule has 0 aliphatic rings. The zero-order valence-electron chi connectivity index (χ0n) is 11.6. The van der Waals surface area contributed by atoms with E-state index in [1.165, 1.54) is 24.8 Å². The van der Waals surface area contributed by atoms with E-state index < -0.39 is 0 Å². The van der Waals surface area contributed by atoms with Gasteiger partial charge in [-0.2, -0.15) is 0 Å². The molecule has 1 atom stereocenters. The van der Waals surface area contributed by atoms with E-state index in [2.05, 4.69) is 40.8 Å². The number of nitrogens with one attached hydrogen (secondary N) is 1. The average molecular weight is 345 g/mol. The fourth-order valence-electron chi connectivity index (χ4n) is 2.21. The predicted molar refractivity (Wildman–Crippen MR) is 88.9 cm³/mol. The Morgan fingerprint density at radius 2 is 2.16 bits per heavy atom. The molecule has 3 heteroatoms. The second kappa shape index (κ2) is 9.57. The van der Waals surface area contributed by atoms with Crippen molar-refractivity contribution in [3.05, 3.63) is 45.9 Å². The van der Waals surface area contributed by atoms with Crippen molar-refractivity contribution < 1.29 is 0 Å². The van der Waals surface area contributed by atoms with Crippen molar-refractivity contribution in [3.63, 3.8) is 0 Å². The van der Waals surface area contributed by atoms with Crippen LogP contribution in [0.25, 0.3) is 0 Å². The van der Waals surface area contributed by atoms with Gasteiger partial charge in [0.25, 0.3) is 0 Å². The molecule has 0 heterocycles. The van der Waals surface area contributed by atoms with Gasteiger partial charge < -0.3 is 5.32 Å². The molecule has 1 aromatic carbocycles. The summed E-state index contributed by atoms with van der Waals surface area (Å²) in [5, 5.41) is 4.33. The van der Waals surface area contributed by atoms with Gasteiger partial charge in [0.2, 0.25) is 0 Å². The Kier molecular flexibility index (Phi) is 8.43. The minimum atomic E-state index is 0.403. The molecule has 0 spiro atoms. The van der Waals surface area contributed by atoms with Gasteiger partial charge in [0.15, 0.2) is 0 Å². The smallest absolute Gasteiger partial charge is 0.0417 e. The third-order valence-electron chi connectivity index (χ3n) is 3.19. The molecule has 0 fully saturated rings. The molecule has 1 unspecified atom stereocenters. The summed E-state index contributed by atoms with van der Waals surface area (Å²) in [6.07, 6.45) is 8.02. The number of halogens is 2. The van der Waals surface area contributed by atoms with E-state index in [0.29, 0.717) is 6.04 Å². The lowest BCUT2D eigenvalue weighted by atomic mass is 10.00. The quantitative estimate of drug-likeness (QED) is 0.435. The van der Waals surface area contributed by atoms with Gasteiger partial charge in [-0.25, -0.2) is 0 Å². The second-order valence-electron chi connectivity index (χ2n) is 4.70. The maximum atomic E-state index is 6.00. The van der Waals surface area contributed by atoms with Crippen LogP contribution < -0.4 is 5.32 Å².